The highest BCUT2D eigenvalue weighted by molar-refractivity contribution is 5.95. The highest BCUT2D eigenvalue weighted by atomic mass is 16.3. The van der Waals surface area contributed by atoms with Crippen molar-refractivity contribution in [1.82, 2.24) is 9.99 Å². The van der Waals surface area contributed by atoms with Crippen molar-refractivity contribution in [2.24, 2.45) is 5.29 Å². The Morgan fingerprint density at radius 3 is 3.00 bits per heavy atom. The van der Waals surface area contributed by atoms with Gasteiger partial charge in [0, 0.05) is 38.0 Å². The lowest BCUT2D eigenvalue weighted by molar-refractivity contribution is 0.0976. The SMILES string of the molecule is CN(CCC[13C](=O)[13c]1[13cH][13cH][13cH]n[13cH]1)N=O. The molecular formula is C10H13N3O2. The third kappa shape index (κ3) is 3.84. The van der Waals surface area contributed by atoms with E-state index in [1.54, 1.807) is 31.6 Å². The minimum Gasteiger partial charge on any atom is -0.294 e. The lowest BCUT2D eigenvalue weighted by atomic mass is 10.4. The van der Waals surface area contributed by atoms with Crippen molar-refractivity contribution in [2.45, 2.75) is 12.8 Å². The maximum Gasteiger partial charge on any atom is 0.164 e. The highest BCUT2D eigenvalue weighted by Gasteiger charge is 2.05. The largest absolute Gasteiger partial charge is 0.294 e. The number of ketones is 1. The molecule has 15 heavy (non-hydrogen) atoms. The molecule has 0 aliphatic heterocycles. The number of hydrogen-bond acceptors (Lipinski definition) is 4. The van der Waals surface area contributed by atoms with E-state index in [1.165, 1.54) is 5.01 Å². The van der Waals surface area contributed by atoms with Gasteiger partial charge in [0.05, 0.1) is 5.29 Å². The minimum atomic E-state index is 0.0439. The van der Waals surface area contributed by atoms with E-state index in [2.05, 4.69) is 10.3 Å². The topological polar surface area (TPSA) is 62.6 Å². The van der Waals surface area contributed by atoms with Crippen LogP contribution in [-0.4, -0.2) is 29.4 Å². The summed E-state index contributed by atoms with van der Waals surface area (Å²) >= 11 is 0. The average molecular weight is 213 g/mol. The molecule has 0 aliphatic carbocycles. The zero-order valence-corrected chi connectivity index (χ0v) is 8.59. The van der Waals surface area contributed by atoms with Crippen LogP contribution in [0, 0.1) is 4.91 Å². The number of nitrogens with zero attached hydrogens (tertiary/aromatic N) is 3. The molecule has 0 aliphatic rings. The number of carbonyl (C=O) groups excluding carboxylic acids is 1. The van der Waals surface area contributed by atoms with Crippen LogP contribution in [0.4, 0.5) is 0 Å². The molecule has 1 aromatic heterocycles. The van der Waals surface area contributed by atoms with Gasteiger partial charge in [-0.25, -0.2) is 0 Å². The average Bonchev–Trinajstić information content (AvgIpc) is 2.29. The third-order valence-electron chi connectivity index (χ3n) is 2.01. The van der Waals surface area contributed by atoms with E-state index in [-0.39, 0.29) is 5.78 Å². The molecule has 0 amide bonds. The lowest BCUT2D eigenvalue weighted by Gasteiger charge is -2.06. The summed E-state index contributed by atoms with van der Waals surface area (Å²) in [5.74, 6) is 0.0439. The molecule has 0 saturated carbocycles. The van der Waals surface area contributed by atoms with Crippen LogP contribution in [-0.2, 0) is 0 Å². The Morgan fingerprint density at radius 2 is 2.40 bits per heavy atom. The summed E-state index contributed by atoms with van der Waals surface area (Å²) in [6.45, 7) is 0.496. The van der Waals surface area contributed by atoms with Crippen LogP contribution in [0.2, 0.25) is 0 Å². The summed E-state index contributed by atoms with van der Waals surface area (Å²) in [7, 11) is 1.58. The van der Waals surface area contributed by atoms with Gasteiger partial charge in [-0.05, 0) is 18.6 Å². The maximum atomic E-state index is 11.5. The molecule has 0 unspecified atom stereocenters. The maximum absolute atomic E-state index is 11.5. The molecule has 0 aromatic carbocycles. The van der Waals surface area contributed by atoms with Crippen LogP contribution in [0.3, 0.4) is 0 Å². The monoisotopic (exact) mass is 213 g/mol. The Bertz CT molecular complexity index is 327. The second-order valence-corrected chi connectivity index (χ2v) is 3.23. The van der Waals surface area contributed by atoms with Crippen molar-refractivity contribution < 1.29 is 4.79 Å². The van der Waals surface area contributed by atoms with Crippen molar-refractivity contribution in [2.75, 3.05) is 13.6 Å². The first-order valence-corrected chi connectivity index (χ1v) is 4.71. The molecule has 1 rings (SSSR count). The molecule has 0 spiro atoms. The summed E-state index contributed by atoms with van der Waals surface area (Å²) in [5, 5.41) is 3.99. The zero-order chi connectivity index (χ0) is 11.1. The van der Waals surface area contributed by atoms with Crippen LogP contribution in [0.15, 0.2) is 29.8 Å². The number of Topliss-reactive ketones (excluding diaryl/α,β-unsaturated/α-hetero) is 1. The number of carbonyl (C=O) groups is 1. The van der Waals surface area contributed by atoms with E-state index in [0.717, 1.165) is 0 Å². The minimum absolute atomic E-state index is 0.0439. The van der Waals surface area contributed by atoms with E-state index in [0.29, 0.717) is 24.9 Å². The summed E-state index contributed by atoms with van der Waals surface area (Å²) < 4.78 is 0. The van der Waals surface area contributed by atoms with Gasteiger partial charge in [0.1, 0.15) is 0 Å². The van der Waals surface area contributed by atoms with Crippen molar-refractivity contribution in [1.29, 1.82) is 0 Å². The lowest BCUT2D eigenvalue weighted by Crippen LogP contribution is -2.13. The summed E-state index contributed by atoms with van der Waals surface area (Å²) in [6.07, 6.45) is 4.20. The van der Waals surface area contributed by atoms with Crippen molar-refractivity contribution in [3.8, 4) is 0 Å². The third-order valence-corrected chi connectivity index (χ3v) is 2.01. The van der Waals surface area contributed by atoms with Crippen molar-refractivity contribution in [3.05, 3.63) is 35.0 Å². The molecule has 5 nitrogen and oxygen atoms in total. The van der Waals surface area contributed by atoms with Gasteiger partial charge < -0.3 is 0 Å². The fraction of sp³-hybridized carbons (Fsp3) is 0.400. The second kappa shape index (κ2) is 5.85. The number of rotatable bonds is 6. The van der Waals surface area contributed by atoms with Crippen molar-refractivity contribution >= 4 is 5.78 Å². The quantitative estimate of drug-likeness (QED) is 0.312. The fourth-order valence-corrected chi connectivity index (χ4v) is 1.18. The Balaban J connectivity index is 2.34. The molecule has 0 atom stereocenters. The Hall–Kier alpha value is -1.78. The number of aromatic nitrogens is 1. The van der Waals surface area contributed by atoms with Gasteiger partial charge in [-0.15, -0.1) is 4.91 Å². The molecule has 80 valence electrons. The van der Waals surface area contributed by atoms with Crippen LogP contribution in [0.1, 0.15) is 23.2 Å². The van der Waals surface area contributed by atoms with Crippen LogP contribution < -0.4 is 0 Å². The molecule has 0 bridgehead atoms. The standard InChI is InChI=1S/C10H13N3O2/c1-13(12-15)7-3-5-10(14)9-4-2-6-11-8-9/h2,4,6,8H,3,5,7H2,1H3/i2+1,4+1,6+1,8+1,9+1,10+1. The number of pyridine rings is 1. The van der Waals surface area contributed by atoms with Gasteiger partial charge in [0.25, 0.3) is 0 Å². The molecular weight excluding hydrogens is 200 g/mol. The Morgan fingerprint density at radius 1 is 1.60 bits per heavy atom. The zero-order valence-electron chi connectivity index (χ0n) is 8.59. The number of nitroso groups, excluding NO2 is 1. The molecule has 0 saturated heterocycles. The highest BCUT2D eigenvalue weighted by Crippen LogP contribution is 2.03. The van der Waals surface area contributed by atoms with Gasteiger partial charge in [0.2, 0.25) is 0 Å². The van der Waals surface area contributed by atoms with Crippen LogP contribution in [0.5, 0.6) is 0 Å². The second-order valence-electron chi connectivity index (χ2n) is 3.23. The fourth-order valence-electron chi connectivity index (χ4n) is 1.18. The molecule has 0 fully saturated rings. The molecule has 1 aromatic rings. The van der Waals surface area contributed by atoms with Gasteiger partial charge >= 0.3 is 0 Å². The smallest absolute Gasteiger partial charge is 0.164 e. The summed E-state index contributed by atoms with van der Waals surface area (Å²) in [5.41, 5.74) is 0.610. The van der Waals surface area contributed by atoms with Gasteiger partial charge in [-0.2, -0.15) is 0 Å². The van der Waals surface area contributed by atoms with Gasteiger partial charge in [0.15, 0.2) is 5.78 Å². The van der Waals surface area contributed by atoms with Crippen LogP contribution in [0.25, 0.3) is 0 Å². The van der Waals surface area contributed by atoms with Crippen molar-refractivity contribution in [3.63, 3.8) is 0 Å². The first kappa shape index (κ1) is 11.3. The predicted octanol–water partition coefficient (Wildman–Crippen LogP) is 1.66. The molecule has 5 heteroatoms. The van der Waals surface area contributed by atoms with E-state index in [4.69, 9.17) is 0 Å². The Kier molecular flexibility index (Phi) is 4.40. The summed E-state index contributed by atoms with van der Waals surface area (Å²) in [6, 6.07) is 3.46. The van der Waals surface area contributed by atoms with E-state index in [9.17, 15) is 9.70 Å². The Labute approximate surface area is 88.1 Å². The number of hydrogen-bond donors (Lipinski definition) is 0. The molecule has 1 heterocycles. The van der Waals surface area contributed by atoms with Gasteiger partial charge in [-0.1, -0.05) is 0 Å². The van der Waals surface area contributed by atoms with E-state index in [1.807, 2.05) is 0 Å². The first-order valence-electron chi connectivity index (χ1n) is 4.71. The molecule has 0 radical (unpaired) electrons. The normalized spacial score (nSPS) is 9.67. The van der Waals surface area contributed by atoms with E-state index >= 15 is 0 Å². The van der Waals surface area contributed by atoms with Gasteiger partial charge in [-0.3, -0.25) is 14.8 Å². The predicted molar refractivity (Wildman–Crippen MR) is 56.2 cm³/mol. The molecule has 0 N–H and O–H groups in total. The van der Waals surface area contributed by atoms with E-state index < -0.39 is 0 Å². The first-order chi connectivity index (χ1) is 7.24. The summed E-state index contributed by atoms with van der Waals surface area (Å²) in [4.78, 5) is 25.4. The van der Waals surface area contributed by atoms with Crippen LogP contribution >= 0.6 is 0 Å².